The van der Waals surface area contributed by atoms with E-state index < -0.39 is 0 Å². The SMILES string of the molecule is [Cl-].[Cl-].[Cl-].[Cl-].[Cl-].[Cl-].[Cl-].[Cl-].[Cl-].[Cl-].[Nb+5].[Nb+5]. The summed E-state index contributed by atoms with van der Waals surface area (Å²) in [5.74, 6) is 0. The molecule has 0 aromatic carbocycles. The molecule has 0 aliphatic rings. The molecule has 0 rings (SSSR count). The van der Waals surface area contributed by atoms with Gasteiger partial charge in [-0.25, -0.2) is 0 Å². The summed E-state index contributed by atoms with van der Waals surface area (Å²) in [5, 5.41) is 0. The molecule has 0 aromatic heterocycles. The van der Waals surface area contributed by atoms with Gasteiger partial charge < -0.3 is 124 Å². The second-order valence-electron chi connectivity index (χ2n) is 0. The van der Waals surface area contributed by atoms with E-state index in [-0.39, 0.29) is 169 Å². The molecular weight excluding hydrogens is 540 g/mol. The van der Waals surface area contributed by atoms with Crippen LogP contribution in [0.15, 0.2) is 0 Å². The predicted octanol–water partition coefficient (Wildman–Crippen LogP) is -30.0. The van der Waals surface area contributed by atoms with Crippen molar-refractivity contribution in [3.8, 4) is 0 Å². The van der Waals surface area contributed by atoms with Gasteiger partial charge in [-0.1, -0.05) is 0 Å². The van der Waals surface area contributed by atoms with Crippen LogP contribution in [0.4, 0.5) is 0 Å². The van der Waals surface area contributed by atoms with Crippen molar-refractivity contribution in [1.82, 2.24) is 0 Å². The van der Waals surface area contributed by atoms with Crippen molar-refractivity contribution in [3.63, 3.8) is 0 Å². The number of rotatable bonds is 0. The summed E-state index contributed by atoms with van der Waals surface area (Å²) in [4.78, 5) is 0. The van der Waals surface area contributed by atoms with Gasteiger partial charge in [0.05, 0.1) is 0 Å². The third-order valence-corrected chi connectivity index (χ3v) is 0. The van der Waals surface area contributed by atoms with Crippen LogP contribution in [-0.4, -0.2) is 0 Å². The molecule has 80 valence electrons. The van der Waals surface area contributed by atoms with Gasteiger partial charge in [-0.15, -0.1) is 0 Å². The monoisotopic (exact) mass is 536 g/mol. The van der Waals surface area contributed by atoms with Crippen LogP contribution in [0.1, 0.15) is 0 Å². The summed E-state index contributed by atoms with van der Waals surface area (Å²) in [6.45, 7) is 0. The van der Waals surface area contributed by atoms with Gasteiger partial charge in [0.25, 0.3) is 0 Å². The van der Waals surface area contributed by atoms with Crippen molar-refractivity contribution in [2.75, 3.05) is 0 Å². The molecule has 12 heteroatoms. The molecule has 0 unspecified atom stereocenters. The summed E-state index contributed by atoms with van der Waals surface area (Å²) in [5.41, 5.74) is 0. The van der Waals surface area contributed by atoms with Gasteiger partial charge in [0.1, 0.15) is 0 Å². The Bertz CT molecular complexity index is 7.80. The fraction of sp³-hybridized carbons (Fsp3) is 0. The van der Waals surface area contributed by atoms with Crippen molar-refractivity contribution >= 4 is 0 Å². The molecule has 0 atom stereocenters. The number of hydrogen-bond acceptors (Lipinski definition) is 0. The molecule has 0 N–H and O–H groups in total. The van der Waals surface area contributed by atoms with Crippen LogP contribution in [-0.2, 0) is 44.8 Å². The predicted molar refractivity (Wildman–Crippen MR) is 0 cm³/mol. The third-order valence-electron chi connectivity index (χ3n) is 0. The molecular formula is Cl10Nb2. The zero-order valence-electron chi connectivity index (χ0n) is 4.67. The van der Waals surface area contributed by atoms with E-state index >= 15 is 0 Å². The minimum Gasteiger partial charge on any atom is -1.00 e. The normalized spacial score (nSPS) is 0. The average Bonchev–Trinajstić information content (AvgIpc) is 0. The van der Waals surface area contributed by atoms with Gasteiger partial charge in [-0.3, -0.25) is 0 Å². The second-order valence-corrected chi connectivity index (χ2v) is 0. The molecule has 0 amide bonds. The molecule has 0 saturated carbocycles. The zero-order valence-corrected chi connectivity index (χ0v) is 16.6. The number of hydrogen-bond donors (Lipinski definition) is 0. The fourth-order valence-corrected chi connectivity index (χ4v) is 0. The minimum absolute atomic E-state index is 0. The Labute approximate surface area is 166 Å². The molecule has 0 bridgehead atoms. The molecule has 0 aromatic rings. The third kappa shape index (κ3) is 134. The topological polar surface area (TPSA) is 0 Å². The van der Waals surface area contributed by atoms with Gasteiger partial charge in [0.15, 0.2) is 0 Å². The molecule has 0 nitrogen and oxygen atoms in total. The van der Waals surface area contributed by atoms with E-state index in [4.69, 9.17) is 0 Å². The van der Waals surface area contributed by atoms with Gasteiger partial charge in [0, 0.05) is 0 Å². The Hall–Kier alpha value is 4.38. The minimum atomic E-state index is 0. The van der Waals surface area contributed by atoms with Crippen molar-refractivity contribution in [2.45, 2.75) is 0 Å². The summed E-state index contributed by atoms with van der Waals surface area (Å²) >= 11 is 0. The first kappa shape index (κ1) is 202. The summed E-state index contributed by atoms with van der Waals surface area (Å²) in [7, 11) is 0. The van der Waals surface area contributed by atoms with Crippen LogP contribution in [0.3, 0.4) is 0 Å². The molecule has 0 saturated heterocycles. The summed E-state index contributed by atoms with van der Waals surface area (Å²) in [6.07, 6.45) is 0. The second kappa shape index (κ2) is 166. The van der Waals surface area contributed by atoms with Gasteiger partial charge in [0.2, 0.25) is 0 Å². The van der Waals surface area contributed by atoms with Gasteiger partial charge >= 0.3 is 44.8 Å². The first-order valence-corrected chi connectivity index (χ1v) is 0. The maximum Gasteiger partial charge on any atom is 5.00 e. The van der Waals surface area contributed by atoms with E-state index in [1.807, 2.05) is 0 Å². The zero-order chi connectivity index (χ0) is 0. The largest absolute Gasteiger partial charge is 5.00 e. The molecule has 0 aliphatic carbocycles. The van der Waals surface area contributed by atoms with E-state index in [9.17, 15) is 0 Å². The van der Waals surface area contributed by atoms with E-state index in [2.05, 4.69) is 0 Å². The van der Waals surface area contributed by atoms with Crippen LogP contribution in [0, 0.1) is 0 Å². The first-order chi connectivity index (χ1) is 0. The van der Waals surface area contributed by atoms with Crippen molar-refractivity contribution in [3.05, 3.63) is 0 Å². The summed E-state index contributed by atoms with van der Waals surface area (Å²) in [6, 6.07) is 0. The molecule has 0 fully saturated rings. The quantitative estimate of drug-likeness (QED) is 0.268. The smallest absolute Gasteiger partial charge is 1.00 e. The van der Waals surface area contributed by atoms with Gasteiger partial charge in [-0.05, 0) is 0 Å². The summed E-state index contributed by atoms with van der Waals surface area (Å²) < 4.78 is 0. The number of halogens is 10. The Balaban J connectivity index is 0. The maximum absolute atomic E-state index is 0. The Morgan fingerprint density at radius 2 is 0.167 bits per heavy atom. The van der Waals surface area contributed by atoms with E-state index in [0.717, 1.165) is 0 Å². The Kier molecular flexibility index (Phi) is 2790. The molecule has 0 aliphatic heterocycles. The van der Waals surface area contributed by atoms with Crippen molar-refractivity contribution in [1.29, 1.82) is 0 Å². The van der Waals surface area contributed by atoms with E-state index in [1.165, 1.54) is 0 Å². The van der Waals surface area contributed by atoms with E-state index in [0.29, 0.717) is 0 Å². The van der Waals surface area contributed by atoms with Crippen LogP contribution in [0.2, 0.25) is 0 Å². The molecule has 0 heterocycles. The Morgan fingerprint density at radius 3 is 0.167 bits per heavy atom. The van der Waals surface area contributed by atoms with Crippen LogP contribution >= 0.6 is 0 Å². The van der Waals surface area contributed by atoms with Crippen molar-refractivity contribution < 1.29 is 169 Å². The fourth-order valence-electron chi connectivity index (χ4n) is 0. The van der Waals surface area contributed by atoms with Crippen LogP contribution in [0.25, 0.3) is 0 Å². The molecule has 12 heavy (non-hydrogen) atoms. The van der Waals surface area contributed by atoms with E-state index in [1.54, 1.807) is 0 Å². The average molecular weight is 540 g/mol. The van der Waals surface area contributed by atoms with Crippen LogP contribution < -0.4 is 124 Å². The van der Waals surface area contributed by atoms with Crippen molar-refractivity contribution in [2.24, 2.45) is 0 Å². The Morgan fingerprint density at radius 1 is 0.167 bits per heavy atom. The maximum atomic E-state index is 0. The molecule has 0 spiro atoms. The first-order valence-electron chi connectivity index (χ1n) is 0. The molecule has 0 radical (unpaired) electrons. The van der Waals surface area contributed by atoms with Gasteiger partial charge in [-0.2, -0.15) is 0 Å². The van der Waals surface area contributed by atoms with Crippen LogP contribution in [0.5, 0.6) is 0 Å². The standard InChI is InChI=1S/10ClH.2Nb/h10*1H;;/q;;;;;;;;;;2*+5/p-10.